The molecule has 0 aliphatic heterocycles. The van der Waals surface area contributed by atoms with Gasteiger partial charge in [0, 0.05) is 24.3 Å². The number of methoxy groups -OCH3 is 2. The molecule has 0 amide bonds. The molecule has 0 bridgehead atoms. The van der Waals surface area contributed by atoms with Crippen LogP contribution in [-0.4, -0.2) is 20.0 Å². The number of carbonyl (C=O) groups is 1. The highest BCUT2D eigenvalue weighted by Crippen LogP contribution is 2.35. The summed E-state index contributed by atoms with van der Waals surface area (Å²) in [5, 5.41) is 3.34. The Balaban J connectivity index is 1.83. The third-order valence-corrected chi connectivity index (χ3v) is 4.22. The predicted molar refractivity (Wildman–Crippen MR) is 94.7 cm³/mol. The van der Waals surface area contributed by atoms with Gasteiger partial charge in [0.25, 0.3) is 0 Å². The van der Waals surface area contributed by atoms with Crippen LogP contribution < -0.4 is 14.8 Å². The second-order valence-corrected chi connectivity index (χ2v) is 5.84. The van der Waals surface area contributed by atoms with Gasteiger partial charge in [-0.15, -0.1) is 0 Å². The molecule has 0 spiro atoms. The molecule has 4 nitrogen and oxygen atoms in total. The van der Waals surface area contributed by atoms with Gasteiger partial charge in [-0.05, 0) is 30.0 Å². The van der Waals surface area contributed by atoms with Crippen molar-refractivity contribution in [3.8, 4) is 11.5 Å². The molecule has 1 aliphatic carbocycles. The molecule has 0 saturated heterocycles. The number of anilines is 1. The Bertz CT molecular complexity index is 753. The van der Waals surface area contributed by atoms with E-state index in [1.165, 1.54) is 5.56 Å². The molecule has 0 aromatic heterocycles. The van der Waals surface area contributed by atoms with Gasteiger partial charge in [-0.3, -0.25) is 4.79 Å². The average Bonchev–Trinajstić information content (AvgIpc) is 2.62. The van der Waals surface area contributed by atoms with Crippen LogP contribution in [0.5, 0.6) is 11.5 Å². The van der Waals surface area contributed by atoms with Gasteiger partial charge in [0.15, 0.2) is 5.78 Å². The molecule has 4 heteroatoms. The second kappa shape index (κ2) is 7.21. The van der Waals surface area contributed by atoms with E-state index in [1.807, 2.05) is 36.4 Å². The van der Waals surface area contributed by atoms with Crippen LogP contribution in [0.3, 0.4) is 0 Å². The first-order valence-electron chi connectivity index (χ1n) is 7.97. The first kappa shape index (κ1) is 16.1. The summed E-state index contributed by atoms with van der Waals surface area (Å²) in [7, 11) is 3.25. The average molecular weight is 323 g/mol. The number of hydrogen-bond acceptors (Lipinski definition) is 4. The van der Waals surface area contributed by atoms with Crippen LogP contribution in [0.25, 0.3) is 0 Å². The Morgan fingerprint density at radius 3 is 2.50 bits per heavy atom. The van der Waals surface area contributed by atoms with E-state index < -0.39 is 0 Å². The van der Waals surface area contributed by atoms with Crippen LogP contribution in [0.1, 0.15) is 24.3 Å². The number of ketones is 1. The Kier molecular flexibility index (Phi) is 4.85. The Morgan fingerprint density at radius 1 is 1.00 bits per heavy atom. The van der Waals surface area contributed by atoms with Gasteiger partial charge in [0.2, 0.25) is 0 Å². The molecule has 124 valence electrons. The van der Waals surface area contributed by atoms with Crippen LogP contribution in [-0.2, 0) is 4.79 Å². The number of ether oxygens (including phenoxy) is 2. The van der Waals surface area contributed by atoms with Gasteiger partial charge < -0.3 is 14.8 Å². The standard InChI is InChI=1S/C20H21NO3/c1-23-18-8-9-20(24-2)19(13-18)21-16-10-15(11-17(22)12-16)14-6-4-3-5-7-14/h3-9,12-13,15,21H,10-11H2,1-2H3/t15-/m1/s1. The summed E-state index contributed by atoms with van der Waals surface area (Å²) < 4.78 is 10.7. The highest BCUT2D eigenvalue weighted by molar-refractivity contribution is 5.92. The van der Waals surface area contributed by atoms with Gasteiger partial charge in [-0.2, -0.15) is 0 Å². The molecule has 1 atom stereocenters. The SMILES string of the molecule is COc1ccc(OC)c(NC2=CC(=O)C[C@H](c3ccccc3)C2)c1. The molecular formula is C20H21NO3. The van der Waals surface area contributed by atoms with E-state index in [4.69, 9.17) is 9.47 Å². The van der Waals surface area contributed by atoms with Crippen LogP contribution in [0, 0.1) is 0 Å². The van der Waals surface area contributed by atoms with Gasteiger partial charge >= 0.3 is 0 Å². The molecule has 0 radical (unpaired) electrons. The van der Waals surface area contributed by atoms with Gasteiger partial charge in [0.05, 0.1) is 19.9 Å². The number of benzene rings is 2. The van der Waals surface area contributed by atoms with E-state index in [9.17, 15) is 4.79 Å². The summed E-state index contributed by atoms with van der Waals surface area (Å²) >= 11 is 0. The van der Waals surface area contributed by atoms with Crippen molar-refractivity contribution in [2.75, 3.05) is 19.5 Å². The molecule has 0 heterocycles. The zero-order valence-corrected chi connectivity index (χ0v) is 13.9. The van der Waals surface area contributed by atoms with Crippen molar-refractivity contribution in [2.45, 2.75) is 18.8 Å². The van der Waals surface area contributed by atoms with E-state index >= 15 is 0 Å². The van der Waals surface area contributed by atoms with Crippen molar-refractivity contribution < 1.29 is 14.3 Å². The summed E-state index contributed by atoms with van der Waals surface area (Å²) in [6, 6.07) is 15.7. The molecule has 0 fully saturated rings. The maximum atomic E-state index is 12.2. The predicted octanol–water partition coefficient (Wildman–Crippen LogP) is 4.15. The molecule has 1 aliphatic rings. The monoisotopic (exact) mass is 323 g/mol. The number of rotatable bonds is 5. The molecule has 2 aromatic rings. The zero-order chi connectivity index (χ0) is 16.9. The highest BCUT2D eigenvalue weighted by Gasteiger charge is 2.22. The molecule has 24 heavy (non-hydrogen) atoms. The summed E-state index contributed by atoms with van der Waals surface area (Å²) in [5.41, 5.74) is 2.88. The molecule has 1 N–H and O–H groups in total. The summed E-state index contributed by atoms with van der Waals surface area (Å²) in [6.07, 6.45) is 3.03. The minimum Gasteiger partial charge on any atom is -0.497 e. The van der Waals surface area contributed by atoms with Crippen LogP contribution >= 0.6 is 0 Å². The fourth-order valence-corrected chi connectivity index (χ4v) is 3.03. The summed E-state index contributed by atoms with van der Waals surface area (Å²) in [6.45, 7) is 0. The minimum absolute atomic E-state index is 0.138. The van der Waals surface area contributed by atoms with Crippen molar-refractivity contribution >= 4 is 11.5 Å². The second-order valence-electron chi connectivity index (χ2n) is 5.84. The third kappa shape index (κ3) is 3.59. The number of hydrogen-bond donors (Lipinski definition) is 1. The normalized spacial score (nSPS) is 17.2. The number of carbonyl (C=O) groups excluding carboxylic acids is 1. The lowest BCUT2D eigenvalue weighted by Gasteiger charge is -2.24. The van der Waals surface area contributed by atoms with E-state index in [0.717, 1.165) is 23.6 Å². The van der Waals surface area contributed by atoms with Crippen molar-refractivity contribution in [1.29, 1.82) is 0 Å². The molecule has 0 saturated carbocycles. The maximum Gasteiger partial charge on any atom is 0.158 e. The van der Waals surface area contributed by atoms with Gasteiger partial charge in [-0.25, -0.2) is 0 Å². The fraction of sp³-hybridized carbons (Fsp3) is 0.250. The molecular weight excluding hydrogens is 302 g/mol. The topological polar surface area (TPSA) is 47.6 Å². The first-order chi connectivity index (χ1) is 11.7. The smallest absolute Gasteiger partial charge is 0.158 e. The van der Waals surface area contributed by atoms with Crippen LogP contribution in [0.4, 0.5) is 5.69 Å². The zero-order valence-electron chi connectivity index (χ0n) is 13.9. The number of nitrogens with one attached hydrogen (secondary N) is 1. The van der Waals surface area contributed by atoms with Crippen molar-refractivity contribution in [1.82, 2.24) is 0 Å². The molecule has 3 rings (SSSR count). The van der Waals surface area contributed by atoms with E-state index in [2.05, 4.69) is 17.4 Å². The molecule has 2 aromatic carbocycles. The maximum absolute atomic E-state index is 12.2. The number of allylic oxidation sites excluding steroid dienone is 2. The largest absolute Gasteiger partial charge is 0.497 e. The highest BCUT2D eigenvalue weighted by atomic mass is 16.5. The van der Waals surface area contributed by atoms with Crippen LogP contribution in [0.15, 0.2) is 60.3 Å². The van der Waals surface area contributed by atoms with E-state index in [-0.39, 0.29) is 11.7 Å². The Morgan fingerprint density at radius 2 is 1.79 bits per heavy atom. The fourth-order valence-electron chi connectivity index (χ4n) is 3.03. The first-order valence-corrected chi connectivity index (χ1v) is 7.97. The lowest BCUT2D eigenvalue weighted by atomic mass is 9.85. The van der Waals surface area contributed by atoms with Gasteiger partial charge in [0.1, 0.15) is 11.5 Å². The van der Waals surface area contributed by atoms with Crippen molar-refractivity contribution in [2.24, 2.45) is 0 Å². The van der Waals surface area contributed by atoms with E-state index in [0.29, 0.717) is 12.2 Å². The molecule has 0 unspecified atom stereocenters. The van der Waals surface area contributed by atoms with E-state index in [1.54, 1.807) is 20.3 Å². The van der Waals surface area contributed by atoms with Gasteiger partial charge in [-0.1, -0.05) is 30.3 Å². The Labute approximate surface area is 142 Å². The quantitative estimate of drug-likeness (QED) is 0.898. The lowest BCUT2D eigenvalue weighted by Crippen LogP contribution is -2.17. The summed E-state index contributed by atoms with van der Waals surface area (Å²) in [4.78, 5) is 12.2. The van der Waals surface area contributed by atoms with Crippen molar-refractivity contribution in [3.05, 3.63) is 65.9 Å². The third-order valence-electron chi connectivity index (χ3n) is 4.22. The summed E-state index contributed by atoms with van der Waals surface area (Å²) in [5.74, 6) is 1.79. The van der Waals surface area contributed by atoms with Crippen LogP contribution in [0.2, 0.25) is 0 Å². The van der Waals surface area contributed by atoms with Crippen molar-refractivity contribution in [3.63, 3.8) is 0 Å². The lowest BCUT2D eigenvalue weighted by molar-refractivity contribution is -0.115. The minimum atomic E-state index is 0.138. The Hall–Kier alpha value is -2.75.